The van der Waals surface area contributed by atoms with E-state index in [2.05, 4.69) is 13.8 Å². The molecule has 0 aromatic rings. The van der Waals surface area contributed by atoms with Crippen LogP contribution in [0.25, 0.3) is 0 Å². The molecule has 0 bridgehead atoms. The third-order valence-corrected chi connectivity index (χ3v) is 2.64. The van der Waals surface area contributed by atoms with Crippen LogP contribution in [-0.2, 0) is 4.79 Å². The van der Waals surface area contributed by atoms with Crippen LogP contribution in [0.5, 0.6) is 0 Å². The van der Waals surface area contributed by atoms with Gasteiger partial charge in [-0.25, -0.2) is 0 Å². The zero-order chi connectivity index (χ0) is 11.2. The van der Waals surface area contributed by atoms with Gasteiger partial charge in [-0.1, -0.05) is 20.3 Å². The van der Waals surface area contributed by atoms with E-state index in [9.17, 15) is 0 Å². The zero-order valence-corrected chi connectivity index (χ0v) is 9.55. The molecule has 0 heterocycles. The summed E-state index contributed by atoms with van der Waals surface area (Å²) >= 11 is 0. The van der Waals surface area contributed by atoms with Crippen LogP contribution in [0.3, 0.4) is 0 Å². The van der Waals surface area contributed by atoms with Gasteiger partial charge in [-0.15, -0.1) is 0 Å². The zero-order valence-electron chi connectivity index (χ0n) is 9.55. The maximum Gasteiger partial charge on any atom is 0.300 e. The molecule has 0 aromatic heterocycles. The van der Waals surface area contributed by atoms with E-state index in [1.54, 1.807) is 0 Å². The Balaban J connectivity index is 0.000000364. The average Bonchev–Trinajstić information content (AvgIpc) is 2.01. The number of rotatable bonds is 1. The van der Waals surface area contributed by atoms with Gasteiger partial charge in [0.2, 0.25) is 0 Å². The Bertz CT molecular complexity index is 174. The highest BCUT2D eigenvalue weighted by molar-refractivity contribution is 5.62. The van der Waals surface area contributed by atoms with Gasteiger partial charge in [0.25, 0.3) is 5.97 Å². The Morgan fingerprint density at radius 2 is 2.07 bits per heavy atom. The van der Waals surface area contributed by atoms with E-state index in [-0.39, 0.29) is 0 Å². The van der Waals surface area contributed by atoms with E-state index in [0.29, 0.717) is 5.41 Å². The number of hydrogen-bond donors (Lipinski definition) is 2. The van der Waals surface area contributed by atoms with Gasteiger partial charge in [0, 0.05) is 6.92 Å². The molecule has 3 heteroatoms. The van der Waals surface area contributed by atoms with Gasteiger partial charge >= 0.3 is 0 Å². The summed E-state index contributed by atoms with van der Waals surface area (Å²) in [5.74, 6) is -0.0243. The van der Waals surface area contributed by atoms with Crippen LogP contribution in [-0.4, -0.2) is 17.6 Å². The minimum Gasteiger partial charge on any atom is -0.481 e. The molecule has 1 aliphatic rings. The van der Waals surface area contributed by atoms with Gasteiger partial charge in [0.05, 0.1) is 0 Å². The maximum atomic E-state index is 9.00. The van der Waals surface area contributed by atoms with E-state index < -0.39 is 5.97 Å². The summed E-state index contributed by atoms with van der Waals surface area (Å²) in [5.41, 5.74) is 6.20. The summed E-state index contributed by atoms with van der Waals surface area (Å²) < 4.78 is 0. The highest BCUT2D eigenvalue weighted by atomic mass is 16.4. The molecule has 3 N–H and O–H groups in total. The lowest BCUT2D eigenvalue weighted by molar-refractivity contribution is -0.134. The SMILES string of the molecule is CC(=O)O.CC1(C)CCCC(CN)C1. The monoisotopic (exact) mass is 201 g/mol. The number of nitrogens with two attached hydrogens (primary N) is 1. The molecule has 84 valence electrons. The lowest BCUT2D eigenvalue weighted by Gasteiger charge is -2.34. The van der Waals surface area contributed by atoms with Crippen molar-refractivity contribution < 1.29 is 9.90 Å². The fourth-order valence-corrected chi connectivity index (χ4v) is 2.06. The third-order valence-electron chi connectivity index (χ3n) is 2.64. The minimum absolute atomic E-state index is 0.572. The van der Waals surface area contributed by atoms with E-state index in [4.69, 9.17) is 15.6 Å². The second-order valence-electron chi connectivity index (χ2n) is 4.88. The van der Waals surface area contributed by atoms with Gasteiger partial charge < -0.3 is 10.8 Å². The second kappa shape index (κ2) is 6.02. The fourth-order valence-electron chi connectivity index (χ4n) is 2.06. The first-order chi connectivity index (χ1) is 6.37. The molecular weight excluding hydrogens is 178 g/mol. The van der Waals surface area contributed by atoms with Crippen molar-refractivity contribution in [2.45, 2.75) is 46.5 Å². The van der Waals surface area contributed by atoms with Crippen molar-refractivity contribution in [1.82, 2.24) is 0 Å². The van der Waals surface area contributed by atoms with Crippen LogP contribution < -0.4 is 5.73 Å². The number of aliphatic carboxylic acids is 1. The minimum atomic E-state index is -0.833. The largest absolute Gasteiger partial charge is 0.481 e. The fraction of sp³-hybridized carbons (Fsp3) is 0.909. The summed E-state index contributed by atoms with van der Waals surface area (Å²) in [6.45, 7) is 6.69. The van der Waals surface area contributed by atoms with Gasteiger partial charge in [-0.05, 0) is 37.1 Å². The van der Waals surface area contributed by atoms with E-state index >= 15 is 0 Å². The smallest absolute Gasteiger partial charge is 0.300 e. The molecule has 1 aliphatic carbocycles. The van der Waals surface area contributed by atoms with Crippen molar-refractivity contribution >= 4 is 5.97 Å². The van der Waals surface area contributed by atoms with Gasteiger partial charge in [0.15, 0.2) is 0 Å². The van der Waals surface area contributed by atoms with Crippen LogP contribution in [0.1, 0.15) is 46.5 Å². The normalized spacial score (nSPS) is 24.7. The molecule has 1 saturated carbocycles. The molecule has 0 aromatic carbocycles. The van der Waals surface area contributed by atoms with Crippen molar-refractivity contribution in [3.05, 3.63) is 0 Å². The Hall–Kier alpha value is -0.570. The highest BCUT2D eigenvalue weighted by Gasteiger charge is 2.26. The first-order valence-electron chi connectivity index (χ1n) is 5.27. The molecule has 0 amide bonds. The lowest BCUT2D eigenvalue weighted by Crippen LogP contribution is -2.27. The first-order valence-corrected chi connectivity index (χ1v) is 5.27. The van der Waals surface area contributed by atoms with Crippen LogP contribution in [0.2, 0.25) is 0 Å². The maximum absolute atomic E-state index is 9.00. The van der Waals surface area contributed by atoms with E-state index in [0.717, 1.165) is 19.4 Å². The van der Waals surface area contributed by atoms with Crippen molar-refractivity contribution in [1.29, 1.82) is 0 Å². The Morgan fingerprint density at radius 3 is 2.36 bits per heavy atom. The number of carboxylic acids is 1. The van der Waals surface area contributed by atoms with Crippen LogP contribution in [0.15, 0.2) is 0 Å². The standard InChI is InChI=1S/C9H19N.C2H4O2/c1-9(2)5-3-4-8(6-9)7-10;1-2(3)4/h8H,3-7,10H2,1-2H3;1H3,(H,3,4). The molecule has 1 rings (SSSR count). The second-order valence-corrected chi connectivity index (χ2v) is 4.88. The molecule has 1 fully saturated rings. The Morgan fingerprint density at radius 1 is 1.57 bits per heavy atom. The molecule has 1 unspecified atom stereocenters. The highest BCUT2D eigenvalue weighted by Crippen LogP contribution is 2.37. The van der Waals surface area contributed by atoms with Gasteiger partial charge in [0.1, 0.15) is 0 Å². The summed E-state index contributed by atoms with van der Waals surface area (Å²) in [6.07, 6.45) is 5.47. The lowest BCUT2D eigenvalue weighted by atomic mass is 9.72. The number of hydrogen-bond acceptors (Lipinski definition) is 2. The van der Waals surface area contributed by atoms with E-state index in [1.807, 2.05) is 0 Å². The van der Waals surface area contributed by atoms with Crippen molar-refractivity contribution in [2.75, 3.05) is 6.54 Å². The predicted molar refractivity (Wildman–Crippen MR) is 58.1 cm³/mol. The summed E-state index contributed by atoms with van der Waals surface area (Å²) in [6, 6.07) is 0. The van der Waals surface area contributed by atoms with Crippen LogP contribution in [0.4, 0.5) is 0 Å². The summed E-state index contributed by atoms with van der Waals surface area (Å²) in [7, 11) is 0. The molecule has 0 aliphatic heterocycles. The van der Waals surface area contributed by atoms with Gasteiger partial charge in [-0.3, -0.25) is 4.79 Å². The van der Waals surface area contributed by atoms with Crippen molar-refractivity contribution in [3.8, 4) is 0 Å². The summed E-state index contributed by atoms with van der Waals surface area (Å²) in [4.78, 5) is 9.00. The van der Waals surface area contributed by atoms with Crippen LogP contribution >= 0.6 is 0 Å². The molecular formula is C11H23NO2. The van der Waals surface area contributed by atoms with Crippen LogP contribution in [0, 0.1) is 11.3 Å². The van der Waals surface area contributed by atoms with Crippen molar-refractivity contribution in [2.24, 2.45) is 17.1 Å². The number of carboxylic acid groups (broad SMARTS) is 1. The van der Waals surface area contributed by atoms with E-state index in [1.165, 1.54) is 25.7 Å². The van der Waals surface area contributed by atoms with Crippen molar-refractivity contribution in [3.63, 3.8) is 0 Å². The Labute approximate surface area is 86.7 Å². The first kappa shape index (κ1) is 13.4. The molecule has 3 nitrogen and oxygen atoms in total. The molecule has 0 saturated heterocycles. The molecule has 1 atom stereocenters. The third kappa shape index (κ3) is 6.89. The average molecular weight is 201 g/mol. The Kier molecular flexibility index (Phi) is 5.77. The molecule has 0 radical (unpaired) electrons. The van der Waals surface area contributed by atoms with Gasteiger partial charge in [-0.2, -0.15) is 0 Å². The molecule has 14 heavy (non-hydrogen) atoms. The quantitative estimate of drug-likeness (QED) is 0.684. The topological polar surface area (TPSA) is 63.3 Å². The molecule has 0 spiro atoms. The number of carbonyl (C=O) groups is 1. The predicted octanol–water partition coefficient (Wildman–Crippen LogP) is 2.25. The summed E-state index contributed by atoms with van der Waals surface area (Å²) in [5, 5.41) is 7.42.